The minimum absolute atomic E-state index is 0.00926. The van der Waals surface area contributed by atoms with E-state index in [2.05, 4.69) is 14.8 Å². The molecule has 6 heteroatoms. The monoisotopic (exact) mass is 578 g/mol. The molecule has 0 N–H and O–H groups in total. The second-order valence-corrected chi connectivity index (χ2v) is 24.0. The average Bonchev–Trinajstić information content (AvgIpc) is 2.83. The van der Waals surface area contributed by atoms with Crippen molar-refractivity contribution in [3.63, 3.8) is 0 Å². The first kappa shape index (κ1) is 25.2. The van der Waals surface area contributed by atoms with Crippen molar-refractivity contribution in [2.75, 3.05) is 0 Å². The summed E-state index contributed by atoms with van der Waals surface area (Å²) in [6, 6.07) is 24.5. The molecule has 0 amide bonds. The van der Waals surface area contributed by atoms with Gasteiger partial charge in [-0.15, -0.1) is 0 Å². The van der Waals surface area contributed by atoms with Gasteiger partial charge in [0.2, 0.25) is 0 Å². The van der Waals surface area contributed by atoms with E-state index in [4.69, 9.17) is 9.72 Å². The topological polar surface area (TPSA) is 44.1 Å². The summed E-state index contributed by atoms with van der Waals surface area (Å²) in [5.74, 6) is 0.0902. The van der Waals surface area contributed by atoms with Crippen molar-refractivity contribution in [2.24, 2.45) is 0 Å². The summed E-state index contributed by atoms with van der Waals surface area (Å²) in [6.07, 6.45) is 0.674. The van der Waals surface area contributed by atoms with Gasteiger partial charge in [-0.1, -0.05) is 0 Å². The molecule has 3 aromatic carbocycles. The third-order valence-corrected chi connectivity index (χ3v) is 11.9. The van der Waals surface area contributed by atoms with Crippen molar-refractivity contribution in [3.05, 3.63) is 112 Å². The van der Waals surface area contributed by atoms with Gasteiger partial charge < -0.3 is 0 Å². The molecule has 4 nitrogen and oxygen atoms in total. The summed E-state index contributed by atoms with van der Waals surface area (Å²) in [5.41, 5.74) is 3.29. The Labute approximate surface area is 210 Å². The number of para-hydroxylation sites is 1. The van der Waals surface area contributed by atoms with Crippen LogP contribution in [0.15, 0.2) is 83.7 Å². The van der Waals surface area contributed by atoms with Crippen LogP contribution in [0, 0.1) is 12.7 Å². The zero-order valence-corrected chi connectivity index (χ0v) is 23.6. The van der Waals surface area contributed by atoms with E-state index in [9.17, 15) is 4.79 Å². The molecular weight excluding hydrogens is 546 g/mol. The van der Waals surface area contributed by atoms with Gasteiger partial charge >= 0.3 is 211 Å². The fourth-order valence-corrected chi connectivity index (χ4v) is 9.86. The second kappa shape index (κ2) is 10.8. The Morgan fingerprint density at radius 2 is 1.51 bits per heavy atom. The van der Waals surface area contributed by atoms with Gasteiger partial charge in [-0.3, -0.25) is 0 Å². The van der Waals surface area contributed by atoms with Crippen LogP contribution in [0.2, 0.25) is 14.8 Å². The molecule has 35 heavy (non-hydrogen) atoms. The molecule has 0 saturated heterocycles. The predicted molar refractivity (Wildman–Crippen MR) is 143 cm³/mol. The SMILES string of the molecule is Cc1nc(-c2cccc(F)c2OCc2ccccc2)n(CCc2ccccc2)c(=O)[c]1[Sn]([CH3])([CH3])[CH3]. The Hall–Kier alpha value is -2.93. The van der Waals surface area contributed by atoms with Crippen molar-refractivity contribution in [1.29, 1.82) is 0 Å². The van der Waals surface area contributed by atoms with Crippen LogP contribution in [0.1, 0.15) is 16.8 Å². The van der Waals surface area contributed by atoms with E-state index in [0.29, 0.717) is 24.4 Å². The first-order valence-corrected chi connectivity index (χ1v) is 21.9. The van der Waals surface area contributed by atoms with E-state index >= 15 is 4.39 Å². The van der Waals surface area contributed by atoms with Crippen LogP contribution in [0.4, 0.5) is 4.39 Å². The number of benzene rings is 3. The maximum absolute atomic E-state index is 15.1. The molecule has 0 atom stereocenters. The zero-order chi connectivity index (χ0) is 25.0. The molecule has 0 spiro atoms. The Morgan fingerprint density at radius 3 is 2.14 bits per heavy atom. The average molecular weight is 577 g/mol. The van der Waals surface area contributed by atoms with Gasteiger partial charge in [0.05, 0.1) is 0 Å². The molecule has 4 aromatic rings. The molecular formula is C29H31FN2O2Sn. The number of aromatic nitrogens is 2. The number of hydrogen-bond acceptors (Lipinski definition) is 3. The van der Waals surface area contributed by atoms with E-state index in [-0.39, 0.29) is 17.9 Å². The molecule has 180 valence electrons. The van der Waals surface area contributed by atoms with Crippen molar-refractivity contribution >= 4 is 22.0 Å². The van der Waals surface area contributed by atoms with E-state index in [1.54, 1.807) is 16.7 Å². The Balaban J connectivity index is 1.83. The molecule has 4 rings (SSSR count). The fraction of sp³-hybridized carbons (Fsp3) is 0.241. The number of ether oxygens (including phenoxy) is 1. The van der Waals surface area contributed by atoms with Crippen molar-refractivity contribution < 1.29 is 9.13 Å². The summed E-state index contributed by atoms with van der Waals surface area (Å²) in [6.45, 7) is 2.57. The zero-order valence-electron chi connectivity index (χ0n) is 20.7. The number of hydrogen-bond donors (Lipinski definition) is 0. The van der Waals surface area contributed by atoms with Gasteiger partial charge in [-0.2, -0.15) is 0 Å². The van der Waals surface area contributed by atoms with E-state index in [1.807, 2.05) is 67.6 Å². The summed E-state index contributed by atoms with van der Waals surface area (Å²) >= 11 is -2.79. The van der Waals surface area contributed by atoms with Crippen LogP contribution in [-0.2, 0) is 19.6 Å². The summed E-state index contributed by atoms with van der Waals surface area (Å²) in [7, 11) is 0. The standard InChI is InChI=1S/C26H22FN2O2.3CH3.Sn/c1-19-17-24(30)29(16-15-20-9-4-2-5-10-20)26(28-19)22-13-8-14-23(27)25(22)31-18-21-11-6-3-7-12-21;;;;/h2-14H,15-16,18H2,1H3;3*1H3;. The molecule has 0 fully saturated rings. The number of rotatable bonds is 8. The van der Waals surface area contributed by atoms with E-state index in [1.165, 1.54) is 6.07 Å². The third kappa shape index (κ3) is 5.84. The fourth-order valence-electron chi connectivity index (χ4n) is 4.38. The molecule has 1 heterocycles. The van der Waals surface area contributed by atoms with Crippen LogP contribution in [-0.4, -0.2) is 27.9 Å². The normalized spacial score (nSPS) is 11.5. The summed E-state index contributed by atoms with van der Waals surface area (Å²) in [4.78, 5) is 25.4. The molecule has 0 saturated carbocycles. The summed E-state index contributed by atoms with van der Waals surface area (Å²) in [5, 5.41) is 0. The van der Waals surface area contributed by atoms with Crippen molar-refractivity contribution in [2.45, 2.75) is 41.3 Å². The van der Waals surface area contributed by atoms with Gasteiger partial charge in [0.25, 0.3) is 0 Å². The van der Waals surface area contributed by atoms with Crippen molar-refractivity contribution in [3.8, 4) is 17.1 Å². The van der Waals surface area contributed by atoms with E-state index < -0.39 is 24.2 Å². The molecule has 0 aliphatic rings. The quantitative estimate of drug-likeness (QED) is 0.252. The van der Waals surface area contributed by atoms with Crippen LogP contribution in [0.3, 0.4) is 0 Å². The molecule has 0 unspecified atom stereocenters. The predicted octanol–water partition coefficient (Wildman–Crippen LogP) is 5.72. The third-order valence-electron chi connectivity index (χ3n) is 6.00. The molecule has 0 aliphatic carbocycles. The Morgan fingerprint density at radius 1 is 0.886 bits per heavy atom. The van der Waals surface area contributed by atoms with Crippen LogP contribution < -0.4 is 13.9 Å². The maximum atomic E-state index is 15.1. The summed E-state index contributed by atoms with van der Waals surface area (Å²) < 4.78 is 23.6. The minimum atomic E-state index is -2.79. The van der Waals surface area contributed by atoms with Crippen LogP contribution in [0.5, 0.6) is 5.75 Å². The first-order chi connectivity index (χ1) is 16.8. The Kier molecular flexibility index (Phi) is 7.75. The number of nitrogens with zero attached hydrogens (tertiary/aromatic N) is 2. The van der Waals surface area contributed by atoms with Crippen LogP contribution >= 0.6 is 0 Å². The van der Waals surface area contributed by atoms with Gasteiger partial charge in [-0.25, -0.2) is 0 Å². The van der Waals surface area contributed by atoms with E-state index in [0.717, 1.165) is 20.4 Å². The molecule has 0 radical (unpaired) electrons. The molecule has 0 aliphatic heterocycles. The number of aryl methyl sites for hydroxylation is 2. The molecule has 1 aromatic heterocycles. The van der Waals surface area contributed by atoms with Crippen LogP contribution in [0.25, 0.3) is 11.4 Å². The Bertz CT molecular complexity index is 1360. The van der Waals surface area contributed by atoms with Gasteiger partial charge in [0, 0.05) is 0 Å². The molecule has 0 bridgehead atoms. The van der Waals surface area contributed by atoms with Gasteiger partial charge in [0.1, 0.15) is 0 Å². The number of halogens is 1. The van der Waals surface area contributed by atoms with Gasteiger partial charge in [0.15, 0.2) is 0 Å². The first-order valence-electron chi connectivity index (χ1n) is 11.9. The second-order valence-electron chi connectivity index (χ2n) is 9.73. The van der Waals surface area contributed by atoms with Crippen molar-refractivity contribution in [1.82, 2.24) is 9.55 Å². The van der Waals surface area contributed by atoms with Gasteiger partial charge in [-0.05, 0) is 0 Å².